The smallest absolute Gasteiger partial charge is 0.157 e. The third-order valence-corrected chi connectivity index (χ3v) is 3.85. The van der Waals surface area contributed by atoms with Crippen LogP contribution in [0.3, 0.4) is 0 Å². The molecule has 0 amide bonds. The summed E-state index contributed by atoms with van der Waals surface area (Å²) < 4.78 is 0. The highest BCUT2D eigenvalue weighted by atomic mass is 35.5. The van der Waals surface area contributed by atoms with E-state index in [2.05, 4.69) is 5.32 Å². The van der Waals surface area contributed by atoms with Gasteiger partial charge in [0.1, 0.15) is 0 Å². The van der Waals surface area contributed by atoms with Crippen LogP contribution in [0.25, 0.3) is 0 Å². The Morgan fingerprint density at radius 2 is 1.79 bits per heavy atom. The van der Waals surface area contributed by atoms with Gasteiger partial charge in [-0.15, -0.1) is 0 Å². The molecule has 0 unspecified atom stereocenters. The lowest BCUT2D eigenvalue weighted by Crippen LogP contribution is -2.30. The molecular formula is C15H14ClNO2. The fraction of sp³-hybridized carbons (Fsp3) is 0.200. The fourth-order valence-corrected chi connectivity index (χ4v) is 2.81. The zero-order valence-electron chi connectivity index (χ0n) is 10.2. The maximum atomic E-state index is 9.70. The van der Waals surface area contributed by atoms with Crippen LogP contribution < -0.4 is 5.32 Å². The predicted molar refractivity (Wildman–Crippen MR) is 74.8 cm³/mol. The molecule has 0 aliphatic carbocycles. The normalized spacial score (nSPS) is 18.1. The van der Waals surface area contributed by atoms with Crippen LogP contribution >= 0.6 is 11.6 Å². The molecule has 0 bridgehead atoms. The van der Waals surface area contributed by atoms with E-state index in [0.29, 0.717) is 5.02 Å². The van der Waals surface area contributed by atoms with Gasteiger partial charge in [-0.05, 0) is 41.3 Å². The summed E-state index contributed by atoms with van der Waals surface area (Å²) >= 11 is 6.24. The highest BCUT2D eigenvalue weighted by molar-refractivity contribution is 6.31. The van der Waals surface area contributed by atoms with Crippen molar-refractivity contribution in [2.24, 2.45) is 0 Å². The second-order valence-electron chi connectivity index (χ2n) is 4.70. The highest BCUT2D eigenvalue weighted by Gasteiger charge is 2.24. The number of aromatic hydroxyl groups is 2. The molecule has 1 atom stereocenters. The molecule has 2 aromatic carbocycles. The average Bonchev–Trinajstić information content (AvgIpc) is 2.40. The Labute approximate surface area is 116 Å². The third-order valence-electron chi connectivity index (χ3n) is 3.51. The molecule has 3 nitrogen and oxygen atoms in total. The molecule has 1 aliphatic rings. The molecule has 0 aromatic heterocycles. The Bertz CT molecular complexity index is 628. The minimum Gasteiger partial charge on any atom is -0.504 e. The monoisotopic (exact) mass is 275 g/mol. The Balaban J connectivity index is 2.13. The van der Waals surface area contributed by atoms with Crippen LogP contribution in [0.2, 0.25) is 5.02 Å². The number of halogens is 1. The van der Waals surface area contributed by atoms with E-state index in [1.165, 1.54) is 0 Å². The lowest BCUT2D eigenvalue weighted by Gasteiger charge is -2.28. The second-order valence-corrected chi connectivity index (χ2v) is 5.11. The summed E-state index contributed by atoms with van der Waals surface area (Å²) in [6.45, 7) is 0.813. The van der Waals surface area contributed by atoms with Gasteiger partial charge in [-0.2, -0.15) is 0 Å². The van der Waals surface area contributed by atoms with Gasteiger partial charge < -0.3 is 15.5 Å². The summed E-state index contributed by atoms with van der Waals surface area (Å²) in [5.41, 5.74) is 2.99. The van der Waals surface area contributed by atoms with E-state index >= 15 is 0 Å². The first-order valence-electron chi connectivity index (χ1n) is 6.19. The Morgan fingerprint density at radius 1 is 1.05 bits per heavy atom. The largest absolute Gasteiger partial charge is 0.504 e. The van der Waals surface area contributed by atoms with Gasteiger partial charge in [-0.3, -0.25) is 0 Å². The minimum atomic E-state index is -0.0977. The molecule has 3 rings (SSSR count). The van der Waals surface area contributed by atoms with Gasteiger partial charge in [0.15, 0.2) is 11.5 Å². The first kappa shape index (κ1) is 12.3. The van der Waals surface area contributed by atoms with E-state index in [1.54, 1.807) is 12.1 Å². The average molecular weight is 276 g/mol. The summed E-state index contributed by atoms with van der Waals surface area (Å²) in [6, 6.07) is 10.9. The Kier molecular flexibility index (Phi) is 3.09. The van der Waals surface area contributed by atoms with Gasteiger partial charge >= 0.3 is 0 Å². The van der Waals surface area contributed by atoms with Gasteiger partial charge in [0.05, 0.1) is 6.04 Å². The summed E-state index contributed by atoms with van der Waals surface area (Å²) in [5.74, 6) is -0.168. The van der Waals surface area contributed by atoms with E-state index in [0.717, 1.165) is 29.7 Å². The Hall–Kier alpha value is -1.71. The molecule has 4 heteroatoms. The predicted octanol–water partition coefficient (Wildman–Crippen LogP) is 2.99. The van der Waals surface area contributed by atoms with Crippen LogP contribution in [-0.4, -0.2) is 16.8 Å². The maximum Gasteiger partial charge on any atom is 0.157 e. The Morgan fingerprint density at radius 3 is 2.58 bits per heavy atom. The van der Waals surface area contributed by atoms with Crippen LogP contribution in [0.5, 0.6) is 11.5 Å². The van der Waals surface area contributed by atoms with Crippen molar-refractivity contribution in [3.63, 3.8) is 0 Å². The summed E-state index contributed by atoms with van der Waals surface area (Å²) in [7, 11) is 0. The van der Waals surface area contributed by atoms with Crippen molar-refractivity contribution >= 4 is 11.6 Å². The number of fused-ring (bicyclic) bond motifs is 1. The summed E-state index contributed by atoms with van der Waals surface area (Å²) in [5, 5.41) is 23.4. The van der Waals surface area contributed by atoms with Gasteiger partial charge in [0, 0.05) is 11.6 Å². The van der Waals surface area contributed by atoms with Crippen LogP contribution in [0.4, 0.5) is 0 Å². The SMILES string of the molecule is Oc1cc2c(cc1O)[C@@H](c1ccccc1Cl)NCC2. The number of benzene rings is 2. The quantitative estimate of drug-likeness (QED) is 0.702. The zero-order chi connectivity index (χ0) is 13.4. The molecule has 0 saturated carbocycles. The molecule has 0 radical (unpaired) electrons. The fourth-order valence-electron chi connectivity index (χ4n) is 2.57. The van der Waals surface area contributed by atoms with Crippen molar-refractivity contribution in [2.75, 3.05) is 6.54 Å². The zero-order valence-corrected chi connectivity index (χ0v) is 11.0. The lowest BCUT2D eigenvalue weighted by atomic mass is 9.89. The van der Waals surface area contributed by atoms with Crippen molar-refractivity contribution in [1.82, 2.24) is 5.32 Å². The molecule has 0 spiro atoms. The lowest BCUT2D eigenvalue weighted by molar-refractivity contribution is 0.400. The highest BCUT2D eigenvalue weighted by Crippen LogP contribution is 2.37. The second kappa shape index (κ2) is 4.76. The number of hydrogen-bond acceptors (Lipinski definition) is 3. The molecule has 2 aromatic rings. The van der Waals surface area contributed by atoms with E-state index in [9.17, 15) is 10.2 Å². The van der Waals surface area contributed by atoms with Crippen LogP contribution in [0, 0.1) is 0 Å². The van der Waals surface area contributed by atoms with Gasteiger partial charge in [-0.1, -0.05) is 29.8 Å². The molecule has 0 fully saturated rings. The van der Waals surface area contributed by atoms with Crippen molar-refractivity contribution < 1.29 is 10.2 Å². The molecule has 98 valence electrons. The van der Waals surface area contributed by atoms with Crippen molar-refractivity contribution in [3.05, 3.63) is 58.1 Å². The van der Waals surface area contributed by atoms with E-state index in [-0.39, 0.29) is 17.5 Å². The number of nitrogens with one attached hydrogen (secondary N) is 1. The first-order chi connectivity index (χ1) is 9.16. The molecular weight excluding hydrogens is 262 g/mol. The third kappa shape index (κ3) is 2.15. The van der Waals surface area contributed by atoms with Crippen molar-refractivity contribution in [3.8, 4) is 11.5 Å². The topological polar surface area (TPSA) is 52.5 Å². The van der Waals surface area contributed by atoms with E-state index in [1.807, 2.05) is 24.3 Å². The standard InChI is InChI=1S/C15H14ClNO2/c16-12-4-2-1-3-10(12)15-11-8-14(19)13(18)7-9(11)5-6-17-15/h1-4,7-8,15,17-19H,5-6H2/t15-/m1/s1. The van der Waals surface area contributed by atoms with Gasteiger partial charge in [0.25, 0.3) is 0 Å². The molecule has 1 heterocycles. The molecule has 19 heavy (non-hydrogen) atoms. The number of phenols is 2. The summed E-state index contributed by atoms with van der Waals surface area (Å²) in [6.07, 6.45) is 0.824. The van der Waals surface area contributed by atoms with Crippen LogP contribution in [-0.2, 0) is 6.42 Å². The molecule has 1 aliphatic heterocycles. The molecule has 0 saturated heterocycles. The number of rotatable bonds is 1. The minimum absolute atomic E-state index is 0.0519. The first-order valence-corrected chi connectivity index (χ1v) is 6.57. The van der Waals surface area contributed by atoms with Crippen molar-refractivity contribution in [2.45, 2.75) is 12.5 Å². The number of phenolic OH excluding ortho intramolecular Hbond substituents is 2. The van der Waals surface area contributed by atoms with E-state index in [4.69, 9.17) is 11.6 Å². The molecule has 3 N–H and O–H groups in total. The van der Waals surface area contributed by atoms with Gasteiger partial charge in [-0.25, -0.2) is 0 Å². The van der Waals surface area contributed by atoms with Crippen molar-refractivity contribution in [1.29, 1.82) is 0 Å². The number of hydrogen-bond donors (Lipinski definition) is 3. The maximum absolute atomic E-state index is 9.70. The summed E-state index contributed by atoms with van der Waals surface area (Å²) in [4.78, 5) is 0. The van der Waals surface area contributed by atoms with Gasteiger partial charge in [0.2, 0.25) is 0 Å². The van der Waals surface area contributed by atoms with Crippen LogP contribution in [0.1, 0.15) is 22.7 Å². The van der Waals surface area contributed by atoms with Crippen LogP contribution in [0.15, 0.2) is 36.4 Å². The van der Waals surface area contributed by atoms with E-state index < -0.39 is 0 Å².